The summed E-state index contributed by atoms with van der Waals surface area (Å²) in [4.78, 5) is 39.3. The first-order valence-corrected chi connectivity index (χ1v) is 12.7. The van der Waals surface area contributed by atoms with Crippen LogP contribution in [0.2, 0.25) is 10.0 Å². The van der Waals surface area contributed by atoms with Crippen LogP contribution >= 0.6 is 39.1 Å². The number of methoxy groups -OCH3 is 1. The minimum atomic E-state index is -0.897. The highest BCUT2D eigenvalue weighted by molar-refractivity contribution is 9.10. The lowest BCUT2D eigenvalue weighted by molar-refractivity contribution is -0.142. The molecule has 0 saturated heterocycles. The second kappa shape index (κ2) is 12.4. The molecule has 7 nitrogen and oxygen atoms in total. The highest BCUT2D eigenvalue weighted by Crippen LogP contribution is 2.33. The number of carbonyl (C=O) groups is 3. The lowest BCUT2D eigenvalue weighted by Gasteiger charge is -2.20. The first-order chi connectivity index (χ1) is 17.5. The van der Waals surface area contributed by atoms with Gasteiger partial charge in [0.1, 0.15) is 11.5 Å². The first-order valence-electron chi connectivity index (χ1n) is 11.2. The molecule has 3 aromatic rings. The van der Waals surface area contributed by atoms with Gasteiger partial charge in [-0.1, -0.05) is 65.1 Å². The van der Waals surface area contributed by atoms with Gasteiger partial charge < -0.3 is 19.7 Å². The Morgan fingerprint density at radius 2 is 1.68 bits per heavy atom. The summed E-state index contributed by atoms with van der Waals surface area (Å²) < 4.78 is 11.6. The Labute approximate surface area is 233 Å². The number of carbonyl (C=O) groups excluding carboxylic acids is 3. The third-order valence-corrected chi connectivity index (χ3v) is 6.34. The molecular weight excluding hydrogens is 583 g/mol. The highest BCUT2D eigenvalue weighted by Gasteiger charge is 2.23. The molecule has 0 spiro atoms. The molecule has 0 heterocycles. The number of halogens is 3. The van der Waals surface area contributed by atoms with Gasteiger partial charge in [-0.05, 0) is 53.9 Å². The Kier molecular flexibility index (Phi) is 9.59. The van der Waals surface area contributed by atoms with Crippen molar-refractivity contribution in [1.82, 2.24) is 4.90 Å². The maximum Gasteiger partial charge on any atom is 0.339 e. The molecule has 0 saturated carbocycles. The molecule has 2 amide bonds. The van der Waals surface area contributed by atoms with Crippen molar-refractivity contribution in [2.75, 3.05) is 19.5 Å². The van der Waals surface area contributed by atoms with Crippen molar-refractivity contribution >= 4 is 62.6 Å². The number of nitrogens with zero attached hydrogens (tertiary/aromatic N) is 1. The molecule has 0 unspecified atom stereocenters. The Balaban J connectivity index is 1.79. The Bertz CT molecular complexity index is 1330. The number of likely N-dealkylation sites (N-methyl/N-ethyl adjacent to an activating group) is 1. The summed E-state index contributed by atoms with van der Waals surface area (Å²) in [5.41, 5.74) is 1.89. The van der Waals surface area contributed by atoms with Crippen LogP contribution in [0.15, 0.2) is 59.1 Å². The third kappa shape index (κ3) is 7.47. The maximum absolute atomic E-state index is 12.9. The fourth-order valence-electron chi connectivity index (χ4n) is 3.45. The number of ether oxygens (including phenoxy) is 2. The standard InChI is InChI=1S/C27H25BrCl2N2O5/c1-15(2)16-6-8-23(22(9-16)27(35)36-4)31-25(33)26(34)32(3)14-17-5-7-18(28)10-24(17)37-21-12-19(29)11-20(30)13-21/h5-13,15H,14H2,1-4H3,(H,31,33). The van der Waals surface area contributed by atoms with Crippen LogP contribution in [0.25, 0.3) is 0 Å². The number of rotatable bonds is 7. The summed E-state index contributed by atoms with van der Waals surface area (Å²) in [7, 11) is 2.75. The lowest BCUT2D eigenvalue weighted by Crippen LogP contribution is -2.37. The molecule has 10 heteroatoms. The SMILES string of the molecule is COC(=O)c1cc(C(C)C)ccc1NC(=O)C(=O)N(C)Cc1ccc(Br)cc1Oc1cc(Cl)cc(Cl)c1. The van der Waals surface area contributed by atoms with Crippen LogP contribution in [-0.2, 0) is 20.9 Å². The summed E-state index contributed by atoms with van der Waals surface area (Å²) >= 11 is 15.6. The van der Waals surface area contributed by atoms with Crippen molar-refractivity contribution in [3.63, 3.8) is 0 Å². The molecule has 0 aliphatic rings. The molecule has 3 rings (SSSR count). The number of hydrogen-bond acceptors (Lipinski definition) is 5. The van der Waals surface area contributed by atoms with Crippen molar-refractivity contribution < 1.29 is 23.9 Å². The molecule has 0 aliphatic heterocycles. The van der Waals surface area contributed by atoms with Gasteiger partial charge in [0.2, 0.25) is 0 Å². The average Bonchev–Trinajstić information content (AvgIpc) is 2.84. The largest absolute Gasteiger partial charge is 0.465 e. The van der Waals surface area contributed by atoms with E-state index in [1.54, 1.807) is 54.6 Å². The van der Waals surface area contributed by atoms with Crippen molar-refractivity contribution in [2.45, 2.75) is 26.3 Å². The van der Waals surface area contributed by atoms with E-state index in [9.17, 15) is 14.4 Å². The van der Waals surface area contributed by atoms with Crippen LogP contribution in [0.5, 0.6) is 11.5 Å². The fourth-order valence-corrected chi connectivity index (χ4v) is 4.30. The van der Waals surface area contributed by atoms with Crippen molar-refractivity contribution in [2.24, 2.45) is 0 Å². The van der Waals surface area contributed by atoms with Crippen molar-refractivity contribution in [1.29, 1.82) is 0 Å². The van der Waals surface area contributed by atoms with Gasteiger partial charge in [-0.25, -0.2) is 4.79 Å². The quantitative estimate of drug-likeness (QED) is 0.230. The van der Waals surface area contributed by atoms with Gasteiger partial charge in [-0.2, -0.15) is 0 Å². The van der Waals surface area contributed by atoms with Crippen LogP contribution in [0.1, 0.15) is 41.3 Å². The predicted molar refractivity (Wildman–Crippen MR) is 148 cm³/mol. The summed E-state index contributed by atoms with van der Waals surface area (Å²) in [6, 6.07) is 15.1. The van der Waals surface area contributed by atoms with E-state index in [1.165, 1.54) is 19.1 Å². The number of anilines is 1. The Hall–Kier alpha value is -3.07. The number of esters is 1. The Morgan fingerprint density at radius 1 is 1.00 bits per heavy atom. The molecule has 0 radical (unpaired) electrons. The first kappa shape index (κ1) is 28.5. The van der Waals surface area contributed by atoms with Crippen LogP contribution in [0.3, 0.4) is 0 Å². The van der Waals surface area contributed by atoms with Gasteiger partial charge in [-0.3, -0.25) is 9.59 Å². The molecule has 3 aromatic carbocycles. The molecular formula is C27H25BrCl2N2O5. The zero-order valence-electron chi connectivity index (χ0n) is 20.6. The highest BCUT2D eigenvalue weighted by atomic mass is 79.9. The fraction of sp³-hybridized carbons (Fsp3) is 0.222. The zero-order valence-corrected chi connectivity index (χ0v) is 23.7. The third-order valence-electron chi connectivity index (χ3n) is 5.41. The van der Waals surface area contributed by atoms with Gasteiger partial charge in [0, 0.05) is 33.7 Å². The lowest BCUT2D eigenvalue weighted by atomic mass is 9.99. The van der Waals surface area contributed by atoms with Gasteiger partial charge >= 0.3 is 17.8 Å². The van der Waals surface area contributed by atoms with E-state index in [2.05, 4.69) is 21.2 Å². The zero-order chi connectivity index (χ0) is 27.3. The van der Waals surface area contributed by atoms with Gasteiger partial charge in [0.25, 0.3) is 0 Å². The second-order valence-corrected chi connectivity index (χ2v) is 10.3. The second-order valence-electron chi connectivity index (χ2n) is 8.53. The summed E-state index contributed by atoms with van der Waals surface area (Å²) in [6.07, 6.45) is 0. The van der Waals surface area contributed by atoms with Gasteiger partial charge in [0.15, 0.2) is 0 Å². The molecule has 194 valence electrons. The molecule has 0 fully saturated rings. The van der Waals surface area contributed by atoms with E-state index in [0.717, 1.165) is 10.0 Å². The number of benzene rings is 3. The average molecular weight is 608 g/mol. The molecule has 0 aliphatic carbocycles. The van der Waals surface area contributed by atoms with E-state index in [1.807, 2.05) is 13.8 Å². The van der Waals surface area contributed by atoms with Crippen molar-refractivity contribution in [3.8, 4) is 11.5 Å². The van der Waals surface area contributed by atoms with Gasteiger partial charge in [-0.15, -0.1) is 0 Å². The van der Waals surface area contributed by atoms with Crippen LogP contribution in [-0.4, -0.2) is 36.8 Å². The van der Waals surface area contributed by atoms with E-state index in [-0.39, 0.29) is 23.7 Å². The maximum atomic E-state index is 12.9. The van der Waals surface area contributed by atoms with E-state index in [0.29, 0.717) is 27.1 Å². The summed E-state index contributed by atoms with van der Waals surface area (Å²) in [5.74, 6) is -1.29. The predicted octanol–water partition coefficient (Wildman–Crippen LogP) is 7.06. The smallest absolute Gasteiger partial charge is 0.339 e. The molecule has 37 heavy (non-hydrogen) atoms. The summed E-state index contributed by atoms with van der Waals surface area (Å²) in [5, 5.41) is 3.36. The topological polar surface area (TPSA) is 84.9 Å². The van der Waals surface area contributed by atoms with Crippen LogP contribution in [0, 0.1) is 0 Å². The van der Waals surface area contributed by atoms with E-state index >= 15 is 0 Å². The number of hydrogen-bond donors (Lipinski definition) is 1. The van der Waals surface area contributed by atoms with E-state index < -0.39 is 17.8 Å². The van der Waals surface area contributed by atoms with Crippen LogP contribution in [0.4, 0.5) is 5.69 Å². The van der Waals surface area contributed by atoms with E-state index in [4.69, 9.17) is 32.7 Å². The minimum Gasteiger partial charge on any atom is -0.465 e. The van der Waals surface area contributed by atoms with Crippen LogP contribution < -0.4 is 10.1 Å². The minimum absolute atomic E-state index is 0.0688. The van der Waals surface area contributed by atoms with Crippen molar-refractivity contribution in [3.05, 3.63) is 85.8 Å². The Morgan fingerprint density at radius 3 is 2.30 bits per heavy atom. The molecule has 0 aromatic heterocycles. The monoisotopic (exact) mass is 606 g/mol. The molecule has 0 atom stereocenters. The normalized spacial score (nSPS) is 10.7. The molecule has 1 N–H and O–H groups in total. The summed E-state index contributed by atoms with van der Waals surface area (Å²) in [6.45, 7) is 4.03. The van der Waals surface area contributed by atoms with Gasteiger partial charge in [0.05, 0.1) is 18.4 Å². The number of amides is 2. The number of nitrogens with one attached hydrogen (secondary N) is 1. The molecule has 0 bridgehead atoms.